The van der Waals surface area contributed by atoms with Crippen LogP contribution in [0.2, 0.25) is 0 Å². The summed E-state index contributed by atoms with van der Waals surface area (Å²) in [6, 6.07) is 5.63. The minimum atomic E-state index is -0.0382. The van der Waals surface area contributed by atoms with E-state index < -0.39 is 0 Å². The zero-order valence-electron chi connectivity index (χ0n) is 6.66. The molecular weight excluding hydrogens is 152 g/mol. The topological polar surface area (TPSA) is 45.8 Å². The third-order valence-electron chi connectivity index (χ3n) is 1.81. The van der Waals surface area contributed by atoms with E-state index in [1.165, 1.54) is 6.20 Å². The van der Waals surface area contributed by atoms with Gasteiger partial charge in [0, 0.05) is 5.39 Å². The molecule has 0 aliphatic rings. The highest BCUT2D eigenvalue weighted by molar-refractivity contribution is 5.77. The molecule has 1 N–H and O–H groups in total. The van der Waals surface area contributed by atoms with Crippen LogP contribution in [0.5, 0.6) is 0 Å². The van der Waals surface area contributed by atoms with Gasteiger partial charge in [-0.05, 0) is 24.6 Å². The van der Waals surface area contributed by atoms with Gasteiger partial charge in [0.15, 0.2) is 0 Å². The van der Waals surface area contributed by atoms with E-state index in [0.29, 0.717) is 5.39 Å². The van der Waals surface area contributed by atoms with Crippen LogP contribution in [0.3, 0.4) is 0 Å². The van der Waals surface area contributed by atoms with Crippen LogP contribution in [0.4, 0.5) is 0 Å². The summed E-state index contributed by atoms with van der Waals surface area (Å²) < 4.78 is 0. The molecule has 0 aliphatic carbocycles. The number of hydrogen-bond acceptors (Lipinski definition) is 2. The molecular formula is C9H8N2O. The molecule has 2 rings (SSSR count). The standard InChI is InChI=1S/C9H8N2O/c1-6-2-3-7-8(4-6)11-10-5-9(7)12/h2-5H,1H3,(H,11,12). The minimum Gasteiger partial charge on any atom is -0.287 e. The number of rotatable bonds is 0. The molecule has 3 heteroatoms. The van der Waals surface area contributed by atoms with Crippen LogP contribution in [0, 0.1) is 6.92 Å². The Bertz CT molecular complexity index is 473. The SMILES string of the molecule is Cc1ccc2c(=O)cn[nH]c2c1. The lowest BCUT2D eigenvalue weighted by molar-refractivity contribution is 1.06. The molecule has 12 heavy (non-hydrogen) atoms. The monoisotopic (exact) mass is 160 g/mol. The fourth-order valence-corrected chi connectivity index (χ4v) is 1.20. The van der Waals surface area contributed by atoms with Crippen LogP contribution in [-0.2, 0) is 0 Å². The smallest absolute Gasteiger partial charge is 0.207 e. The number of benzene rings is 1. The Kier molecular flexibility index (Phi) is 1.43. The van der Waals surface area contributed by atoms with Crippen LogP contribution >= 0.6 is 0 Å². The normalized spacial score (nSPS) is 10.4. The molecule has 0 spiro atoms. The van der Waals surface area contributed by atoms with Gasteiger partial charge in [-0.3, -0.25) is 9.89 Å². The van der Waals surface area contributed by atoms with Crippen molar-refractivity contribution in [3.8, 4) is 0 Å². The summed E-state index contributed by atoms with van der Waals surface area (Å²) in [5.74, 6) is 0. The Morgan fingerprint density at radius 3 is 3.08 bits per heavy atom. The van der Waals surface area contributed by atoms with E-state index in [1.807, 2.05) is 25.1 Å². The summed E-state index contributed by atoms with van der Waals surface area (Å²) in [6.45, 7) is 1.98. The lowest BCUT2D eigenvalue weighted by atomic mass is 10.2. The van der Waals surface area contributed by atoms with Crippen LogP contribution in [0.1, 0.15) is 5.56 Å². The van der Waals surface area contributed by atoms with Gasteiger partial charge in [-0.25, -0.2) is 0 Å². The molecule has 0 saturated heterocycles. The Morgan fingerprint density at radius 1 is 1.42 bits per heavy atom. The molecule has 0 saturated carbocycles. The first-order valence-corrected chi connectivity index (χ1v) is 3.71. The van der Waals surface area contributed by atoms with Gasteiger partial charge < -0.3 is 0 Å². The zero-order chi connectivity index (χ0) is 8.55. The summed E-state index contributed by atoms with van der Waals surface area (Å²) in [6.07, 6.45) is 1.29. The first-order chi connectivity index (χ1) is 5.77. The first kappa shape index (κ1) is 7.03. The molecule has 0 fully saturated rings. The molecule has 60 valence electrons. The fourth-order valence-electron chi connectivity index (χ4n) is 1.20. The predicted molar refractivity (Wildman–Crippen MR) is 47.1 cm³/mol. The molecule has 3 nitrogen and oxygen atoms in total. The second-order valence-electron chi connectivity index (χ2n) is 2.78. The third-order valence-corrected chi connectivity index (χ3v) is 1.81. The number of aromatic nitrogens is 2. The van der Waals surface area contributed by atoms with Crippen LogP contribution < -0.4 is 5.43 Å². The van der Waals surface area contributed by atoms with Crippen molar-refractivity contribution in [2.24, 2.45) is 0 Å². The molecule has 0 atom stereocenters. The van der Waals surface area contributed by atoms with Crippen LogP contribution in [0.25, 0.3) is 10.9 Å². The highest BCUT2D eigenvalue weighted by atomic mass is 16.1. The molecule has 1 aromatic carbocycles. The van der Waals surface area contributed by atoms with Crippen LogP contribution in [0.15, 0.2) is 29.2 Å². The Labute approximate surface area is 69.0 Å². The summed E-state index contributed by atoms with van der Waals surface area (Å²) in [5.41, 5.74) is 1.87. The maximum Gasteiger partial charge on any atom is 0.207 e. The number of aromatic amines is 1. The van der Waals surface area contributed by atoms with Crippen molar-refractivity contribution >= 4 is 10.9 Å². The quantitative estimate of drug-likeness (QED) is 0.630. The van der Waals surface area contributed by atoms with Crippen molar-refractivity contribution in [1.29, 1.82) is 0 Å². The second-order valence-corrected chi connectivity index (χ2v) is 2.78. The summed E-state index contributed by atoms with van der Waals surface area (Å²) >= 11 is 0. The van der Waals surface area contributed by atoms with Crippen molar-refractivity contribution in [1.82, 2.24) is 10.2 Å². The van der Waals surface area contributed by atoms with E-state index >= 15 is 0 Å². The maximum absolute atomic E-state index is 11.2. The zero-order valence-corrected chi connectivity index (χ0v) is 6.66. The van der Waals surface area contributed by atoms with Crippen molar-refractivity contribution in [3.05, 3.63) is 40.2 Å². The van der Waals surface area contributed by atoms with Gasteiger partial charge in [-0.2, -0.15) is 5.10 Å². The van der Waals surface area contributed by atoms with E-state index in [9.17, 15) is 4.79 Å². The molecule has 0 radical (unpaired) electrons. The molecule has 0 unspecified atom stereocenters. The van der Waals surface area contributed by atoms with Gasteiger partial charge >= 0.3 is 0 Å². The number of H-pyrrole nitrogens is 1. The Balaban J connectivity index is 2.96. The second kappa shape index (κ2) is 2.44. The van der Waals surface area contributed by atoms with E-state index in [1.54, 1.807) is 0 Å². The highest BCUT2D eigenvalue weighted by Gasteiger charge is 1.96. The average Bonchev–Trinajstić information content (AvgIpc) is 2.04. The van der Waals surface area contributed by atoms with Crippen molar-refractivity contribution in [2.45, 2.75) is 6.92 Å². The highest BCUT2D eigenvalue weighted by Crippen LogP contribution is 2.07. The molecule has 0 amide bonds. The van der Waals surface area contributed by atoms with E-state index in [2.05, 4.69) is 10.2 Å². The van der Waals surface area contributed by atoms with E-state index in [0.717, 1.165) is 11.1 Å². The lowest BCUT2D eigenvalue weighted by Gasteiger charge is -1.96. The third kappa shape index (κ3) is 0.993. The molecule has 1 aromatic heterocycles. The molecule has 0 aliphatic heterocycles. The number of nitrogens with zero attached hydrogens (tertiary/aromatic N) is 1. The van der Waals surface area contributed by atoms with Crippen molar-refractivity contribution in [2.75, 3.05) is 0 Å². The molecule has 2 aromatic rings. The summed E-state index contributed by atoms with van der Waals surface area (Å²) in [5, 5.41) is 7.19. The van der Waals surface area contributed by atoms with Crippen molar-refractivity contribution < 1.29 is 0 Å². The van der Waals surface area contributed by atoms with Crippen molar-refractivity contribution in [3.63, 3.8) is 0 Å². The summed E-state index contributed by atoms with van der Waals surface area (Å²) in [4.78, 5) is 11.2. The van der Waals surface area contributed by atoms with Gasteiger partial charge in [0.05, 0.1) is 11.7 Å². The van der Waals surface area contributed by atoms with Gasteiger partial charge in [-0.15, -0.1) is 0 Å². The Morgan fingerprint density at radius 2 is 2.25 bits per heavy atom. The lowest BCUT2D eigenvalue weighted by Crippen LogP contribution is -2.02. The summed E-state index contributed by atoms with van der Waals surface area (Å²) in [7, 11) is 0. The average molecular weight is 160 g/mol. The van der Waals surface area contributed by atoms with Gasteiger partial charge in [0.25, 0.3) is 0 Å². The van der Waals surface area contributed by atoms with Gasteiger partial charge in [0.1, 0.15) is 0 Å². The molecule has 0 bridgehead atoms. The number of hydrogen-bond donors (Lipinski definition) is 1. The van der Waals surface area contributed by atoms with Gasteiger partial charge in [-0.1, -0.05) is 6.07 Å². The van der Waals surface area contributed by atoms with E-state index in [4.69, 9.17) is 0 Å². The Hall–Kier alpha value is -1.64. The van der Waals surface area contributed by atoms with Crippen LogP contribution in [-0.4, -0.2) is 10.2 Å². The largest absolute Gasteiger partial charge is 0.287 e. The van der Waals surface area contributed by atoms with E-state index in [-0.39, 0.29) is 5.43 Å². The number of nitrogens with one attached hydrogen (secondary N) is 1. The minimum absolute atomic E-state index is 0.0382. The predicted octanol–water partition coefficient (Wildman–Crippen LogP) is 1.23. The number of aryl methyl sites for hydroxylation is 1. The fraction of sp³-hybridized carbons (Fsp3) is 0.111. The van der Waals surface area contributed by atoms with Gasteiger partial charge in [0.2, 0.25) is 5.43 Å². The number of fused-ring (bicyclic) bond motifs is 1. The molecule has 1 heterocycles. The first-order valence-electron chi connectivity index (χ1n) is 3.71. The maximum atomic E-state index is 11.2.